The van der Waals surface area contributed by atoms with Crippen LogP contribution < -0.4 is 5.32 Å². The molecule has 2 aromatic rings. The molecule has 1 aromatic heterocycles. The summed E-state index contributed by atoms with van der Waals surface area (Å²) < 4.78 is 9.82. The molecule has 0 saturated heterocycles. The first-order valence-corrected chi connectivity index (χ1v) is 7.62. The van der Waals surface area contributed by atoms with E-state index in [1.165, 1.54) is 12.1 Å². The number of nitrogens with zero attached hydrogens (tertiary/aromatic N) is 1. The fourth-order valence-electron chi connectivity index (χ4n) is 1.77. The van der Waals surface area contributed by atoms with Gasteiger partial charge in [0.2, 0.25) is 0 Å². The molecule has 0 aliphatic carbocycles. The van der Waals surface area contributed by atoms with Crippen LogP contribution in [-0.4, -0.2) is 30.2 Å². The van der Waals surface area contributed by atoms with Crippen molar-refractivity contribution in [1.82, 2.24) is 10.5 Å². The van der Waals surface area contributed by atoms with E-state index in [2.05, 4.69) is 10.5 Å². The van der Waals surface area contributed by atoms with E-state index in [9.17, 15) is 9.59 Å². The van der Waals surface area contributed by atoms with Gasteiger partial charge in [-0.3, -0.25) is 4.79 Å². The van der Waals surface area contributed by atoms with E-state index < -0.39 is 5.97 Å². The largest absolute Gasteiger partial charge is 0.461 e. The van der Waals surface area contributed by atoms with Gasteiger partial charge in [0.25, 0.3) is 5.91 Å². The van der Waals surface area contributed by atoms with Crippen LogP contribution in [0.15, 0.2) is 28.8 Å². The summed E-state index contributed by atoms with van der Waals surface area (Å²) in [4.78, 5) is 23.4. The molecule has 0 spiro atoms. The van der Waals surface area contributed by atoms with E-state index in [1.54, 1.807) is 19.1 Å². The molecular formula is C15H14Cl2N2O4. The Balaban J connectivity index is 1.86. The lowest BCUT2D eigenvalue weighted by molar-refractivity contribution is 0.0514. The van der Waals surface area contributed by atoms with Gasteiger partial charge in [-0.15, -0.1) is 0 Å². The summed E-state index contributed by atoms with van der Waals surface area (Å²) in [5, 5.41) is 7.03. The number of hydrogen-bond donors (Lipinski definition) is 1. The lowest BCUT2D eigenvalue weighted by Crippen LogP contribution is -2.25. The number of benzene rings is 1. The summed E-state index contributed by atoms with van der Waals surface area (Å²) in [6.45, 7) is 2.29. The Kier molecular flexibility index (Phi) is 6.01. The maximum Gasteiger partial charge on any atom is 0.360 e. The van der Waals surface area contributed by atoms with Crippen molar-refractivity contribution in [2.24, 2.45) is 0 Å². The Morgan fingerprint density at radius 3 is 2.74 bits per heavy atom. The molecule has 0 aliphatic heterocycles. The number of hydrogen-bond acceptors (Lipinski definition) is 5. The highest BCUT2D eigenvalue weighted by molar-refractivity contribution is 6.42. The zero-order valence-corrected chi connectivity index (χ0v) is 13.8. The lowest BCUT2D eigenvalue weighted by Gasteiger charge is -2.04. The molecule has 0 aliphatic rings. The number of nitrogens with one attached hydrogen (secondary N) is 1. The van der Waals surface area contributed by atoms with Gasteiger partial charge in [-0.1, -0.05) is 28.4 Å². The van der Waals surface area contributed by atoms with E-state index in [0.29, 0.717) is 34.3 Å². The third-order valence-corrected chi connectivity index (χ3v) is 3.62. The van der Waals surface area contributed by atoms with Gasteiger partial charge in [0.1, 0.15) is 5.76 Å². The summed E-state index contributed by atoms with van der Waals surface area (Å²) in [7, 11) is 0. The van der Waals surface area contributed by atoms with Crippen molar-refractivity contribution in [1.29, 1.82) is 0 Å². The van der Waals surface area contributed by atoms with Crippen molar-refractivity contribution >= 4 is 35.1 Å². The molecule has 0 fully saturated rings. The van der Waals surface area contributed by atoms with Crippen molar-refractivity contribution in [3.8, 4) is 0 Å². The molecule has 0 radical (unpaired) electrons. The van der Waals surface area contributed by atoms with Crippen molar-refractivity contribution in [3.05, 3.63) is 51.3 Å². The smallest absolute Gasteiger partial charge is 0.360 e. The number of halogens is 2. The molecule has 0 unspecified atom stereocenters. The van der Waals surface area contributed by atoms with Gasteiger partial charge in [-0.25, -0.2) is 4.79 Å². The zero-order valence-electron chi connectivity index (χ0n) is 12.3. The molecule has 0 saturated carbocycles. The predicted molar refractivity (Wildman–Crippen MR) is 85.0 cm³/mol. The van der Waals surface area contributed by atoms with Crippen LogP contribution in [0.25, 0.3) is 0 Å². The van der Waals surface area contributed by atoms with Gasteiger partial charge in [-0.05, 0) is 25.1 Å². The highest BCUT2D eigenvalue weighted by Gasteiger charge is 2.14. The van der Waals surface area contributed by atoms with Crippen LogP contribution in [-0.2, 0) is 11.2 Å². The predicted octanol–water partition coefficient (Wildman–Crippen LogP) is 3.13. The maximum atomic E-state index is 12.0. The first-order valence-electron chi connectivity index (χ1n) is 6.87. The highest BCUT2D eigenvalue weighted by Crippen LogP contribution is 2.22. The van der Waals surface area contributed by atoms with Crippen molar-refractivity contribution in [3.63, 3.8) is 0 Å². The van der Waals surface area contributed by atoms with Crippen LogP contribution in [0.1, 0.15) is 33.5 Å². The van der Waals surface area contributed by atoms with Crippen molar-refractivity contribution < 1.29 is 18.8 Å². The summed E-state index contributed by atoms with van der Waals surface area (Å²) >= 11 is 11.7. The molecular weight excluding hydrogens is 343 g/mol. The second-order valence-electron chi connectivity index (χ2n) is 4.53. The molecule has 23 heavy (non-hydrogen) atoms. The van der Waals surface area contributed by atoms with Crippen molar-refractivity contribution in [2.75, 3.05) is 13.2 Å². The standard InChI is InChI=1S/C15H14Cl2N2O4/c1-2-22-15(21)13-8-10(23-19-13)5-6-18-14(20)9-3-4-11(16)12(17)7-9/h3-4,7-8H,2,5-6H2,1H3,(H,18,20). The van der Waals surface area contributed by atoms with Gasteiger partial charge in [0.15, 0.2) is 5.69 Å². The Hall–Kier alpha value is -2.05. The fraction of sp³-hybridized carbons (Fsp3) is 0.267. The third kappa shape index (κ3) is 4.71. The Bertz CT molecular complexity index is 715. The van der Waals surface area contributed by atoms with E-state index in [4.69, 9.17) is 32.5 Å². The quantitative estimate of drug-likeness (QED) is 0.804. The molecule has 6 nitrogen and oxygen atoms in total. The molecule has 0 atom stereocenters. The number of carbonyl (C=O) groups excluding carboxylic acids is 2. The van der Waals surface area contributed by atoms with Gasteiger partial charge in [-0.2, -0.15) is 0 Å². The van der Waals surface area contributed by atoms with Gasteiger partial charge < -0.3 is 14.6 Å². The second-order valence-corrected chi connectivity index (χ2v) is 5.35. The zero-order chi connectivity index (χ0) is 16.8. The second kappa shape index (κ2) is 7.99. The molecule has 0 bridgehead atoms. The number of amides is 1. The summed E-state index contributed by atoms with van der Waals surface area (Å²) in [5.41, 5.74) is 0.516. The van der Waals surface area contributed by atoms with E-state index in [-0.39, 0.29) is 18.2 Å². The minimum atomic E-state index is -0.539. The SMILES string of the molecule is CCOC(=O)c1cc(CCNC(=O)c2ccc(Cl)c(Cl)c2)on1. The van der Waals surface area contributed by atoms with Crippen LogP contribution in [0, 0.1) is 0 Å². The average Bonchev–Trinajstić information content (AvgIpc) is 2.99. The molecule has 1 N–H and O–H groups in total. The Morgan fingerprint density at radius 2 is 2.04 bits per heavy atom. The lowest BCUT2D eigenvalue weighted by atomic mass is 10.2. The topological polar surface area (TPSA) is 81.4 Å². The minimum absolute atomic E-state index is 0.109. The fourth-order valence-corrected chi connectivity index (χ4v) is 2.07. The minimum Gasteiger partial charge on any atom is -0.461 e. The first kappa shape index (κ1) is 17.3. The number of esters is 1. The van der Waals surface area contributed by atoms with E-state index in [1.807, 2.05) is 0 Å². The van der Waals surface area contributed by atoms with Gasteiger partial charge >= 0.3 is 5.97 Å². The Morgan fingerprint density at radius 1 is 1.26 bits per heavy atom. The monoisotopic (exact) mass is 356 g/mol. The number of aromatic nitrogens is 1. The highest BCUT2D eigenvalue weighted by atomic mass is 35.5. The molecule has 1 heterocycles. The summed E-state index contributed by atoms with van der Waals surface area (Å²) in [6.07, 6.45) is 0.388. The first-order chi connectivity index (χ1) is 11.0. The molecule has 2 rings (SSSR count). The number of rotatable bonds is 6. The Labute approximate surface area is 142 Å². The van der Waals surface area contributed by atoms with Crippen LogP contribution in [0.4, 0.5) is 0 Å². The third-order valence-electron chi connectivity index (χ3n) is 2.88. The van der Waals surface area contributed by atoms with Gasteiger partial charge in [0, 0.05) is 24.6 Å². The van der Waals surface area contributed by atoms with Crippen molar-refractivity contribution in [2.45, 2.75) is 13.3 Å². The van der Waals surface area contributed by atoms with Crippen LogP contribution in [0.5, 0.6) is 0 Å². The van der Waals surface area contributed by atoms with Crippen LogP contribution in [0.2, 0.25) is 10.0 Å². The number of carbonyl (C=O) groups is 2. The van der Waals surface area contributed by atoms with Crippen LogP contribution in [0.3, 0.4) is 0 Å². The average molecular weight is 357 g/mol. The number of ether oxygens (including phenoxy) is 1. The normalized spacial score (nSPS) is 10.4. The summed E-state index contributed by atoms with van der Waals surface area (Å²) in [6, 6.07) is 6.12. The molecule has 122 valence electrons. The maximum absolute atomic E-state index is 12.0. The van der Waals surface area contributed by atoms with Crippen LogP contribution >= 0.6 is 23.2 Å². The summed E-state index contributed by atoms with van der Waals surface area (Å²) in [5.74, 6) is -0.349. The van der Waals surface area contributed by atoms with E-state index in [0.717, 1.165) is 0 Å². The molecule has 1 amide bonds. The molecule has 8 heteroatoms. The molecule has 1 aromatic carbocycles. The van der Waals surface area contributed by atoms with E-state index >= 15 is 0 Å². The van der Waals surface area contributed by atoms with Gasteiger partial charge in [0.05, 0.1) is 16.7 Å².